The number of anilines is 1. The smallest absolute Gasteiger partial charge is 0.304 e. The summed E-state index contributed by atoms with van der Waals surface area (Å²) in [6.45, 7) is 5.86. The monoisotopic (exact) mass is 689 g/mol. The summed E-state index contributed by atoms with van der Waals surface area (Å²) in [5, 5.41) is 9.96. The molecule has 4 heterocycles. The lowest BCUT2D eigenvalue weighted by Crippen LogP contribution is -2.47. The largest absolute Gasteiger partial charge is 0.481 e. The summed E-state index contributed by atoms with van der Waals surface area (Å²) in [6.07, 6.45) is 6.49. The Balaban J connectivity index is 1.14. The van der Waals surface area contributed by atoms with Crippen molar-refractivity contribution in [2.75, 3.05) is 57.0 Å². The van der Waals surface area contributed by atoms with Gasteiger partial charge >= 0.3 is 5.97 Å². The van der Waals surface area contributed by atoms with Crippen molar-refractivity contribution >= 4 is 45.1 Å². The highest BCUT2D eigenvalue weighted by Gasteiger charge is 2.51. The summed E-state index contributed by atoms with van der Waals surface area (Å²) >= 11 is 12.7. The molecular formula is C31H37Cl2N7O5S. The molecule has 3 atom stereocenters. The molecule has 3 aromatic rings. The Morgan fingerprint density at radius 1 is 0.957 bits per heavy atom. The summed E-state index contributed by atoms with van der Waals surface area (Å²) < 4.78 is 32.4. The SMILES string of the molecule is CS(=O)(=O)NC1[C@H]2CCN(Cc3cc(Oc4cnc(N5CCN(CCC(=O)O)CC5)nc4)nc(-c4cc(Cl)cc(Cl)c4)c3)CC[C@@H]12. The van der Waals surface area contributed by atoms with E-state index in [2.05, 4.69) is 29.4 Å². The van der Waals surface area contributed by atoms with Crippen LogP contribution in [0.3, 0.4) is 0 Å². The van der Waals surface area contributed by atoms with E-state index in [9.17, 15) is 13.2 Å². The van der Waals surface area contributed by atoms with Gasteiger partial charge in [-0.15, -0.1) is 0 Å². The number of likely N-dealkylation sites (tertiary alicyclic amines) is 1. The Hall–Kier alpha value is -3.07. The number of aliphatic carboxylic acids is 1. The summed E-state index contributed by atoms with van der Waals surface area (Å²) in [7, 11) is -3.21. The lowest BCUT2D eigenvalue weighted by atomic mass is 10.1. The summed E-state index contributed by atoms with van der Waals surface area (Å²) in [5.74, 6) is 1.40. The molecule has 2 aliphatic heterocycles. The van der Waals surface area contributed by atoms with Gasteiger partial charge in [0.05, 0.1) is 30.8 Å². The van der Waals surface area contributed by atoms with Crippen LogP contribution in [0.4, 0.5) is 5.95 Å². The van der Waals surface area contributed by atoms with Crippen LogP contribution in [0, 0.1) is 11.8 Å². The summed E-state index contributed by atoms with van der Waals surface area (Å²) in [6, 6.07) is 9.30. The molecule has 2 saturated heterocycles. The van der Waals surface area contributed by atoms with Crippen LogP contribution in [-0.4, -0.2) is 102 Å². The Labute approximate surface area is 278 Å². The number of carboxylic acids is 1. The number of carbonyl (C=O) groups is 1. The number of carboxylic acid groups (broad SMARTS) is 1. The fourth-order valence-corrected chi connectivity index (χ4v) is 7.84. The minimum atomic E-state index is -3.21. The standard InChI is InChI=1S/C31H37Cl2N7O5S/c1-46(43,44)37-30-25-2-5-39(6-3-26(25)30)19-20-12-27(21-14-22(32)16-23(33)15-21)36-28(13-20)45-24-17-34-31(35-18-24)40-10-8-38(9-11-40)7-4-29(41)42/h12-18,25-26,30,37H,2-11,19H2,1H3,(H,41,42)/t25-,26+,30?. The first kappa shape index (κ1) is 32.9. The second-order valence-electron chi connectivity index (χ2n) is 12.2. The number of hydrogen-bond acceptors (Lipinski definition) is 10. The maximum Gasteiger partial charge on any atom is 0.304 e. The maximum absolute atomic E-state index is 11.7. The van der Waals surface area contributed by atoms with E-state index in [1.165, 1.54) is 6.26 Å². The minimum Gasteiger partial charge on any atom is -0.481 e. The fraction of sp³-hybridized carbons (Fsp3) is 0.484. The zero-order chi connectivity index (χ0) is 32.4. The van der Waals surface area contributed by atoms with Crippen molar-refractivity contribution in [1.82, 2.24) is 29.5 Å². The molecular weight excluding hydrogens is 653 g/mol. The van der Waals surface area contributed by atoms with Crippen LogP contribution in [0.2, 0.25) is 10.0 Å². The molecule has 0 radical (unpaired) electrons. The number of fused-ring (bicyclic) bond motifs is 1. The van der Waals surface area contributed by atoms with E-state index >= 15 is 0 Å². The first-order chi connectivity index (χ1) is 22.0. The maximum atomic E-state index is 11.7. The van der Waals surface area contributed by atoms with Gasteiger partial charge in [0.15, 0.2) is 5.75 Å². The van der Waals surface area contributed by atoms with E-state index in [0.717, 1.165) is 50.1 Å². The van der Waals surface area contributed by atoms with Crippen molar-refractivity contribution in [2.45, 2.75) is 31.8 Å². The molecule has 3 fully saturated rings. The van der Waals surface area contributed by atoms with Gasteiger partial charge in [0.1, 0.15) is 0 Å². The summed E-state index contributed by atoms with van der Waals surface area (Å²) in [4.78, 5) is 31.3. The predicted octanol–water partition coefficient (Wildman–Crippen LogP) is 3.99. The van der Waals surface area contributed by atoms with E-state index in [1.54, 1.807) is 18.5 Å². The molecule has 46 heavy (non-hydrogen) atoms. The van der Waals surface area contributed by atoms with Crippen LogP contribution in [-0.2, 0) is 21.4 Å². The molecule has 12 nitrogen and oxygen atoms in total. The predicted molar refractivity (Wildman–Crippen MR) is 176 cm³/mol. The lowest BCUT2D eigenvalue weighted by Gasteiger charge is -2.34. The van der Waals surface area contributed by atoms with Crippen LogP contribution in [0.25, 0.3) is 11.3 Å². The number of halogens is 2. The van der Waals surface area contributed by atoms with Gasteiger partial charge < -0.3 is 14.7 Å². The third-order valence-corrected chi connectivity index (χ3v) is 9.94. The first-order valence-electron chi connectivity index (χ1n) is 15.4. The Kier molecular flexibility index (Phi) is 9.97. The van der Waals surface area contributed by atoms with Gasteiger partial charge in [-0.05, 0) is 67.6 Å². The third-order valence-electron chi connectivity index (χ3n) is 8.80. The Morgan fingerprint density at radius 2 is 1.61 bits per heavy atom. The highest BCUT2D eigenvalue weighted by molar-refractivity contribution is 7.88. The van der Waals surface area contributed by atoms with Gasteiger partial charge in [0.25, 0.3) is 0 Å². The highest BCUT2D eigenvalue weighted by Crippen LogP contribution is 2.46. The number of sulfonamides is 1. The number of rotatable bonds is 11. The molecule has 1 aromatic carbocycles. The number of aromatic nitrogens is 3. The van der Waals surface area contributed by atoms with Crippen LogP contribution in [0.5, 0.6) is 11.6 Å². The average molecular weight is 691 g/mol. The summed E-state index contributed by atoms with van der Waals surface area (Å²) in [5.41, 5.74) is 2.45. The van der Waals surface area contributed by atoms with Crippen molar-refractivity contribution < 1.29 is 23.1 Å². The van der Waals surface area contributed by atoms with Crippen molar-refractivity contribution in [3.05, 3.63) is 58.3 Å². The Morgan fingerprint density at radius 3 is 2.22 bits per heavy atom. The number of pyridine rings is 1. The lowest BCUT2D eigenvalue weighted by molar-refractivity contribution is -0.137. The molecule has 1 unspecified atom stereocenters. The quantitative estimate of drug-likeness (QED) is 0.302. The zero-order valence-electron chi connectivity index (χ0n) is 25.5. The van der Waals surface area contributed by atoms with Gasteiger partial charge in [0.2, 0.25) is 21.9 Å². The topological polar surface area (TPSA) is 141 Å². The molecule has 0 spiro atoms. The molecule has 2 N–H and O–H groups in total. The van der Waals surface area contributed by atoms with Gasteiger partial charge in [-0.2, -0.15) is 0 Å². The highest BCUT2D eigenvalue weighted by atomic mass is 35.5. The van der Waals surface area contributed by atoms with E-state index in [4.69, 9.17) is 38.0 Å². The van der Waals surface area contributed by atoms with Crippen molar-refractivity contribution in [3.8, 4) is 22.9 Å². The molecule has 15 heteroatoms. The molecule has 2 aromatic heterocycles. The number of piperazine rings is 1. The molecule has 1 aliphatic carbocycles. The number of benzene rings is 1. The van der Waals surface area contributed by atoms with E-state index in [1.807, 2.05) is 24.3 Å². The second kappa shape index (κ2) is 14.0. The van der Waals surface area contributed by atoms with Gasteiger partial charge in [0, 0.05) is 67.0 Å². The van der Waals surface area contributed by atoms with Gasteiger partial charge in [-0.25, -0.2) is 28.1 Å². The fourth-order valence-electron chi connectivity index (χ4n) is 6.47. The van der Waals surface area contributed by atoms with Gasteiger partial charge in [-0.1, -0.05) is 23.2 Å². The normalized spacial score (nSPS) is 22.2. The molecule has 6 rings (SSSR count). The van der Waals surface area contributed by atoms with Crippen LogP contribution < -0.4 is 14.4 Å². The van der Waals surface area contributed by atoms with Gasteiger partial charge in [-0.3, -0.25) is 14.6 Å². The minimum absolute atomic E-state index is 0.0549. The average Bonchev–Trinajstić information content (AvgIpc) is 3.70. The zero-order valence-corrected chi connectivity index (χ0v) is 27.8. The molecule has 0 bridgehead atoms. The van der Waals surface area contributed by atoms with E-state index in [-0.39, 0.29) is 12.5 Å². The van der Waals surface area contributed by atoms with Crippen LogP contribution >= 0.6 is 23.2 Å². The Bertz CT molecular complexity index is 1640. The van der Waals surface area contributed by atoms with Crippen LogP contribution in [0.1, 0.15) is 24.8 Å². The first-order valence-corrected chi connectivity index (χ1v) is 18.0. The van der Waals surface area contributed by atoms with Crippen LogP contribution in [0.15, 0.2) is 42.7 Å². The molecule has 0 amide bonds. The number of ether oxygens (including phenoxy) is 1. The van der Waals surface area contributed by atoms with Crippen molar-refractivity contribution in [1.29, 1.82) is 0 Å². The number of nitrogens with one attached hydrogen (secondary N) is 1. The van der Waals surface area contributed by atoms with Crippen molar-refractivity contribution in [2.24, 2.45) is 11.8 Å². The number of hydrogen-bond donors (Lipinski definition) is 2. The molecule has 3 aliphatic rings. The van der Waals surface area contributed by atoms with Crippen molar-refractivity contribution in [3.63, 3.8) is 0 Å². The molecule has 1 saturated carbocycles. The number of nitrogens with zero attached hydrogens (tertiary/aromatic N) is 6. The second-order valence-corrected chi connectivity index (χ2v) is 14.9. The molecule has 246 valence electrons. The third kappa shape index (κ3) is 8.64. The van der Waals surface area contributed by atoms with E-state index < -0.39 is 16.0 Å². The van der Waals surface area contributed by atoms with E-state index in [0.29, 0.717) is 71.3 Å².